The summed E-state index contributed by atoms with van der Waals surface area (Å²) in [7, 11) is 0. The van der Waals surface area contributed by atoms with Crippen LogP contribution in [-0.4, -0.2) is 41.4 Å². The molecule has 0 fully saturated rings. The number of amides is 2. The van der Waals surface area contributed by atoms with Gasteiger partial charge in [-0.2, -0.15) is 0 Å². The molecule has 9 nitrogen and oxygen atoms in total. The first-order chi connectivity index (χ1) is 12.6. The number of nitrogens with one attached hydrogen (secondary N) is 2. The van der Waals surface area contributed by atoms with Gasteiger partial charge in [-0.1, -0.05) is 12.1 Å². The fourth-order valence-electron chi connectivity index (χ4n) is 2.02. The summed E-state index contributed by atoms with van der Waals surface area (Å²) in [6.45, 7) is 5.36. The maximum absolute atomic E-state index is 11.7. The minimum Gasteiger partial charge on any atom is -0.480 e. The zero-order valence-corrected chi connectivity index (χ0v) is 15.8. The van der Waals surface area contributed by atoms with Crippen LogP contribution >= 0.6 is 0 Å². The first kappa shape index (κ1) is 22.1. The number of carboxylic acids is 1. The van der Waals surface area contributed by atoms with E-state index < -0.39 is 29.8 Å². The Morgan fingerprint density at radius 3 is 2.33 bits per heavy atom. The van der Waals surface area contributed by atoms with E-state index in [1.54, 1.807) is 45.0 Å². The molecule has 0 aromatic heterocycles. The highest BCUT2D eigenvalue weighted by Crippen LogP contribution is 2.08. The van der Waals surface area contributed by atoms with Gasteiger partial charge in [0.25, 0.3) is 0 Å². The molecule has 150 valence electrons. The van der Waals surface area contributed by atoms with Crippen molar-refractivity contribution < 1.29 is 29.0 Å². The summed E-state index contributed by atoms with van der Waals surface area (Å²) in [5.74, 6) is -1.17. The second kappa shape index (κ2) is 10.2. The number of anilines is 1. The van der Waals surface area contributed by atoms with Gasteiger partial charge in [0.15, 0.2) is 0 Å². The number of ether oxygens (including phenoxy) is 2. The summed E-state index contributed by atoms with van der Waals surface area (Å²) < 4.78 is 10.1. The van der Waals surface area contributed by atoms with E-state index in [0.29, 0.717) is 12.1 Å². The molecule has 0 bridgehead atoms. The number of carbonyl (C=O) groups is 3. The summed E-state index contributed by atoms with van der Waals surface area (Å²) in [5.41, 5.74) is 6.27. The predicted octanol–water partition coefficient (Wildman–Crippen LogP) is 2.25. The van der Waals surface area contributed by atoms with Crippen LogP contribution < -0.4 is 16.4 Å². The molecule has 0 aliphatic carbocycles. The molecule has 1 aromatic rings. The van der Waals surface area contributed by atoms with Crippen molar-refractivity contribution in [3.8, 4) is 0 Å². The Morgan fingerprint density at radius 2 is 1.78 bits per heavy atom. The van der Waals surface area contributed by atoms with E-state index in [4.69, 9.17) is 20.3 Å². The Hall–Kier alpha value is -2.97. The number of carbonyl (C=O) groups excluding carboxylic acids is 2. The van der Waals surface area contributed by atoms with Crippen LogP contribution in [0.15, 0.2) is 24.3 Å². The Kier molecular flexibility index (Phi) is 8.37. The van der Waals surface area contributed by atoms with Crippen LogP contribution in [0, 0.1) is 0 Å². The lowest BCUT2D eigenvalue weighted by Gasteiger charge is -2.22. The standard InChI is InChI=1S/C18H27N3O6/c1-18(2,3)27-17(25)21-14(15(22)23)5-4-10-20-16(24)26-11-12-6-8-13(19)9-7-12/h6-9,14H,4-5,10-11,19H2,1-3H3,(H,20,24)(H,21,25)(H,22,23). The lowest BCUT2D eigenvalue weighted by atomic mass is 10.1. The van der Waals surface area contributed by atoms with Crippen LogP contribution in [0.5, 0.6) is 0 Å². The van der Waals surface area contributed by atoms with Gasteiger partial charge in [0.2, 0.25) is 0 Å². The highest BCUT2D eigenvalue weighted by Gasteiger charge is 2.23. The van der Waals surface area contributed by atoms with E-state index in [2.05, 4.69) is 10.6 Å². The summed E-state index contributed by atoms with van der Waals surface area (Å²) in [5, 5.41) is 14.0. The molecule has 1 aromatic carbocycles. The number of nitrogens with two attached hydrogens (primary N) is 1. The van der Waals surface area contributed by atoms with Gasteiger partial charge in [0, 0.05) is 12.2 Å². The van der Waals surface area contributed by atoms with Crippen molar-refractivity contribution in [1.29, 1.82) is 0 Å². The van der Waals surface area contributed by atoms with Crippen LogP contribution in [0.2, 0.25) is 0 Å². The molecule has 0 heterocycles. The van der Waals surface area contributed by atoms with Crippen molar-refractivity contribution in [1.82, 2.24) is 10.6 Å². The minimum absolute atomic E-state index is 0.101. The fourth-order valence-corrected chi connectivity index (χ4v) is 2.02. The third-order valence-corrected chi connectivity index (χ3v) is 3.28. The van der Waals surface area contributed by atoms with Crippen molar-refractivity contribution in [2.45, 2.75) is 51.9 Å². The molecule has 0 aliphatic rings. The smallest absolute Gasteiger partial charge is 0.408 e. The zero-order valence-electron chi connectivity index (χ0n) is 15.8. The third-order valence-electron chi connectivity index (χ3n) is 3.28. The lowest BCUT2D eigenvalue weighted by Crippen LogP contribution is -2.43. The van der Waals surface area contributed by atoms with Gasteiger partial charge in [-0.25, -0.2) is 14.4 Å². The van der Waals surface area contributed by atoms with Crippen molar-refractivity contribution in [3.05, 3.63) is 29.8 Å². The second-order valence-corrected chi connectivity index (χ2v) is 6.92. The molecule has 0 spiro atoms. The minimum atomic E-state index is -1.17. The Bertz CT molecular complexity index is 639. The zero-order chi connectivity index (χ0) is 20.4. The molecule has 0 aliphatic heterocycles. The third kappa shape index (κ3) is 9.93. The second-order valence-electron chi connectivity index (χ2n) is 6.92. The van der Waals surface area contributed by atoms with Gasteiger partial charge in [-0.3, -0.25) is 0 Å². The Balaban J connectivity index is 2.28. The van der Waals surface area contributed by atoms with E-state index in [-0.39, 0.29) is 19.6 Å². The molecule has 0 saturated heterocycles. The highest BCUT2D eigenvalue weighted by atomic mass is 16.6. The summed E-state index contributed by atoms with van der Waals surface area (Å²) in [6.07, 6.45) is -0.944. The first-order valence-electron chi connectivity index (χ1n) is 8.54. The summed E-state index contributed by atoms with van der Waals surface area (Å²) in [6, 6.07) is 5.82. The molecule has 9 heteroatoms. The van der Waals surface area contributed by atoms with Crippen LogP contribution in [0.1, 0.15) is 39.2 Å². The maximum Gasteiger partial charge on any atom is 0.408 e. The topological polar surface area (TPSA) is 140 Å². The molecule has 1 rings (SSSR count). The molecule has 0 saturated carbocycles. The van der Waals surface area contributed by atoms with Crippen molar-refractivity contribution in [2.24, 2.45) is 0 Å². The van der Waals surface area contributed by atoms with Crippen molar-refractivity contribution in [3.63, 3.8) is 0 Å². The molecule has 5 N–H and O–H groups in total. The summed E-state index contributed by atoms with van der Waals surface area (Å²) in [4.78, 5) is 34.5. The van der Waals surface area contributed by atoms with Crippen molar-refractivity contribution in [2.75, 3.05) is 12.3 Å². The van der Waals surface area contributed by atoms with E-state index in [9.17, 15) is 14.4 Å². The number of rotatable bonds is 8. The number of carboxylic acid groups (broad SMARTS) is 1. The number of alkyl carbamates (subject to hydrolysis) is 2. The quantitative estimate of drug-likeness (QED) is 0.400. The van der Waals surface area contributed by atoms with Crippen LogP contribution in [-0.2, 0) is 20.9 Å². The van der Waals surface area contributed by atoms with Crippen LogP contribution in [0.3, 0.4) is 0 Å². The number of benzene rings is 1. The number of hydrogen-bond acceptors (Lipinski definition) is 6. The average Bonchev–Trinajstić information content (AvgIpc) is 2.55. The van der Waals surface area contributed by atoms with Gasteiger partial charge in [-0.05, 0) is 51.3 Å². The Morgan fingerprint density at radius 1 is 1.15 bits per heavy atom. The molecule has 1 atom stereocenters. The van der Waals surface area contributed by atoms with Gasteiger partial charge in [-0.15, -0.1) is 0 Å². The SMILES string of the molecule is CC(C)(C)OC(=O)NC(CCCNC(=O)OCc1ccc(N)cc1)C(=O)O. The predicted molar refractivity (Wildman–Crippen MR) is 99.1 cm³/mol. The molecular weight excluding hydrogens is 354 g/mol. The van der Waals surface area contributed by atoms with Gasteiger partial charge >= 0.3 is 18.2 Å². The average molecular weight is 381 g/mol. The maximum atomic E-state index is 11.7. The van der Waals surface area contributed by atoms with E-state index in [1.807, 2.05) is 0 Å². The molecule has 0 radical (unpaired) electrons. The highest BCUT2D eigenvalue weighted by molar-refractivity contribution is 5.80. The van der Waals surface area contributed by atoms with Crippen LogP contribution in [0.25, 0.3) is 0 Å². The number of aliphatic carboxylic acids is 1. The molecule has 27 heavy (non-hydrogen) atoms. The molecule has 1 unspecified atom stereocenters. The molecular formula is C18H27N3O6. The lowest BCUT2D eigenvalue weighted by molar-refractivity contribution is -0.139. The van der Waals surface area contributed by atoms with Crippen LogP contribution in [0.4, 0.5) is 15.3 Å². The van der Waals surface area contributed by atoms with Gasteiger partial charge in [0.1, 0.15) is 18.2 Å². The Labute approximate surface area is 158 Å². The van der Waals surface area contributed by atoms with Gasteiger partial charge in [0.05, 0.1) is 0 Å². The normalized spacial score (nSPS) is 12.0. The van der Waals surface area contributed by atoms with Gasteiger partial charge < -0.3 is 30.9 Å². The fraction of sp³-hybridized carbons (Fsp3) is 0.500. The monoisotopic (exact) mass is 381 g/mol. The van der Waals surface area contributed by atoms with E-state index in [1.165, 1.54) is 0 Å². The van der Waals surface area contributed by atoms with E-state index in [0.717, 1.165) is 5.56 Å². The first-order valence-corrected chi connectivity index (χ1v) is 8.54. The van der Waals surface area contributed by atoms with E-state index >= 15 is 0 Å². The number of nitrogen functional groups attached to an aromatic ring is 1. The molecule has 2 amide bonds. The number of hydrogen-bond donors (Lipinski definition) is 4. The van der Waals surface area contributed by atoms with Crippen molar-refractivity contribution >= 4 is 23.8 Å². The summed E-state index contributed by atoms with van der Waals surface area (Å²) >= 11 is 0. The largest absolute Gasteiger partial charge is 0.480 e.